The van der Waals surface area contributed by atoms with Gasteiger partial charge in [0.15, 0.2) is 11.4 Å². The van der Waals surface area contributed by atoms with E-state index in [1.54, 1.807) is 60.4 Å². The number of rotatable bonds is 9. The van der Waals surface area contributed by atoms with E-state index < -0.39 is 16.3 Å². The van der Waals surface area contributed by atoms with Crippen molar-refractivity contribution in [2.24, 2.45) is 7.05 Å². The fourth-order valence-electron chi connectivity index (χ4n) is 4.20. The Balaban J connectivity index is 1.33. The third-order valence-electron chi connectivity index (χ3n) is 6.28. The molecule has 5 rings (SSSR count). The molecule has 0 radical (unpaired) electrons. The van der Waals surface area contributed by atoms with Crippen molar-refractivity contribution in [3.63, 3.8) is 0 Å². The lowest BCUT2D eigenvalue weighted by atomic mass is 10.0. The molecular weight excluding hydrogens is 522 g/mol. The highest BCUT2D eigenvalue weighted by atomic mass is 32.2. The van der Waals surface area contributed by atoms with Crippen LogP contribution >= 0.6 is 11.8 Å². The molecule has 0 aliphatic carbocycles. The Kier molecular flexibility index (Phi) is 8.15. The number of aliphatic hydroxyl groups excluding tert-OH is 1. The van der Waals surface area contributed by atoms with Crippen LogP contribution < -0.4 is 4.72 Å². The van der Waals surface area contributed by atoms with E-state index in [1.165, 1.54) is 0 Å². The monoisotopic (exact) mass is 551 g/mol. The van der Waals surface area contributed by atoms with Crippen molar-refractivity contribution in [1.29, 1.82) is 0 Å². The molecular formula is C28H29N3O5S2. The summed E-state index contributed by atoms with van der Waals surface area (Å²) in [4.78, 5) is 4.59. The highest BCUT2D eigenvalue weighted by molar-refractivity contribution is 7.99. The number of imidazole rings is 1. The first-order valence-electron chi connectivity index (χ1n) is 12.2. The van der Waals surface area contributed by atoms with Gasteiger partial charge in [0.2, 0.25) is 0 Å². The Bertz CT molecular complexity index is 1440. The molecule has 1 aromatic heterocycles. The summed E-state index contributed by atoms with van der Waals surface area (Å²) in [5.41, 5.74) is 3.09. The zero-order chi connectivity index (χ0) is 26.5. The SMILES string of the molecule is Cn1ccnc1SC[C@@H]1C[C@H](c2ccc(CO)cc2)O[C@H](c2ccc(NS(=O)(=O)c3ccccc3)cc2)O1. The van der Waals surface area contributed by atoms with Gasteiger partial charge in [-0.2, -0.15) is 0 Å². The molecule has 0 unspecified atom stereocenters. The second kappa shape index (κ2) is 11.7. The van der Waals surface area contributed by atoms with Crippen LogP contribution in [-0.4, -0.2) is 34.9 Å². The number of anilines is 1. The molecule has 3 atom stereocenters. The number of thioether (sulfide) groups is 1. The summed E-state index contributed by atoms with van der Waals surface area (Å²) in [6.45, 7) is -0.0130. The maximum Gasteiger partial charge on any atom is 0.261 e. The molecule has 2 N–H and O–H groups in total. The van der Waals surface area contributed by atoms with E-state index in [0.717, 1.165) is 21.8 Å². The molecule has 0 saturated carbocycles. The molecule has 0 spiro atoms. The van der Waals surface area contributed by atoms with E-state index in [9.17, 15) is 13.5 Å². The van der Waals surface area contributed by atoms with Crippen LogP contribution in [0.3, 0.4) is 0 Å². The predicted molar refractivity (Wildman–Crippen MR) is 146 cm³/mol. The van der Waals surface area contributed by atoms with Crippen molar-refractivity contribution in [2.45, 2.75) is 41.6 Å². The lowest BCUT2D eigenvalue weighted by molar-refractivity contribution is -0.245. The number of sulfonamides is 1. The average Bonchev–Trinajstić information content (AvgIpc) is 3.37. The first kappa shape index (κ1) is 26.5. The zero-order valence-corrected chi connectivity index (χ0v) is 22.4. The van der Waals surface area contributed by atoms with Gasteiger partial charge in [-0.05, 0) is 35.4 Å². The highest BCUT2D eigenvalue weighted by Crippen LogP contribution is 2.39. The summed E-state index contributed by atoms with van der Waals surface area (Å²) in [6, 6.07) is 23.0. The minimum absolute atomic E-state index is 0.0130. The van der Waals surface area contributed by atoms with Gasteiger partial charge in [-0.25, -0.2) is 13.4 Å². The number of nitrogens with one attached hydrogen (secondary N) is 1. The minimum atomic E-state index is -3.68. The topological polar surface area (TPSA) is 103 Å². The third kappa shape index (κ3) is 6.28. The van der Waals surface area contributed by atoms with Crippen molar-refractivity contribution < 1.29 is 23.0 Å². The quantitative estimate of drug-likeness (QED) is 0.281. The van der Waals surface area contributed by atoms with E-state index in [4.69, 9.17) is 9.47 Å². The molecule has 1 fully saturated rings. The number of nitrogens with zero attached hydrogens (tertiary/aromatic N) is 2. The first-order chi connectivity index (χ1) is 18.4. The van der Waals surface area contributed by atoms with Crippen LogP contribution in [0.5, 0.6) is 0 Å². The maximum absolute atomic E-state index is 12.7. The smallest absolute Gasteiger partial charge is 0.261 e. The molecule has 198 valence electrons. The number of hydrogen-bond donors (Lipinski definition) is 2. The van der Waals surface area contributed by atoms with Gasteiger partial charge < -0.3 is 19.1 Å². The fraction of sp³-hybridized carbons (Fsp3) is 0.250. The Hall–Kier alpha value is -3.15. The van der Waals surface area contributed by atoms with Crippen LogP contribution in [0.15, 0.2) is 101 Å². The van der Waals surface area contributed by atoms with E-state index >= 15 is 0 Å². The van der Waals surface area contributed by atoms with Crippen molar-refractivity contribution >= 4 is 27.5 Å². The number of aliphatic hydroxyl groups is 1. The van der Waals surface area contributed by atoms with Gasteiger partial charge in [-0.15, -0.1) is 0 Å². The molecule has 1 saturated heterocycles. The molecule has 10 heteroatoms. The maximum atomic E-state index is 12.7. The molecule has 8 nitrogen and oxygen atoms in total. The van der Waals surface area contributed by atoms with Gasteiger partial charge in [0.05, 0.1) is 23.7 Å². The number of aromatic nitrogens is 2. The largest absolute Gasteiger partial charge is 0.392 e. The summed E-state index contributed by atoms with van der Waals surface area (Å²) in [5, 5.41) is 10.3. The summed E-state index contributed by atoms with van der Waals surface area (Å²) in [5.74, 6) is 0.699. The standard InChI is InChI=1S/C28H29N3O5S2/c1-31-16-15-29-28(31)37-19-24-17-26(21-9-7-20(18-32)8-10-21)36-27(35-24)22-11-13-23(14-12-22)30-38(33,34)25-5-3-2-4-6-25/h2-16,24,26-27,30,32H,17-19H2,1H3/t24-,26+,27+/m0/s1. The van der Waals surface area contributed by atoms with Crippen LogP contribution in [0.2, 0.25) is 0 Å². The number of benzene rings is 3. The highest BCUT2D eigenvalue weighted by Gasteiger charge is 2.32. The number of hydrogen-bond acceptors (Lipinski definition) is 7. The van der Waals surface area contributed by atoms with E-state index in [2.05, 4.69) is 9.71 Å². The normalized spacial score (nSPS) is 19.8. The lowest BCUT2D eigenvalue weighted by Gasteiger charge is -2.36. The van der Waals surface area contributed by atoms with Crippen LogP contribution in [0, 0.1) is 0 Å². The van der Waals surface area contributed by atoms with Crippen LogP contribution in [0.25, 0.3) is 0 Å². The van der Waals surface area contributed by atoms with Crippen molar-refractivity contribution in [2.75, 3.05) is 10.5 Å². The van der Waals surface area contributed by atoms with Crippen LogP contribution in [0.1, 0.15) is 35.5 Å². The van der Waals surface area contributed by atoms with Crippen LogP contribution in [-0.2, 0) is 33.2 Å². The van der Waals surface area contributed by atoms with E-state index in [1.807, 2.05) is 54.2 Å². The lowest BCUT2D eigenvalue weighted by Crippen LogP contribution is -2.31. The van der Waals surface area contributed by atoms with Gasteiger partial charge in [0.25, 0.3) is 10.0 Å². The van der Waals surface area contributed by atoms with Crippen LogP contribution in [0.4, 0.5) is 5.69 Å². The summed E-state index contributed by atoms with van der Waals surface area (Å²) < 4.78 is 42.7. The van der Waals surface area contributed by atoms with Gasteiger partial charge in [-0.1, -0.05) is 66.4 Å². The average molecular weight is 552 g/mol. The van der Waals surface area contributed by atoms with Crippen molar-refractivity contribution in [1.82, 2.24) is 9.55 Å². The van der Waals surface area contributed by atoms with Gasteiger partial charge in [-0.3, -0.25) is 4.72 Å². The summed E-state index contributed by atoms with van der Waals surface area (Å²) in [7, 11) is -1.72. The predicted octanol–water partition coefficient (Wildman–Crippen LogP) is 5.05. The fourth-order valence-corrected chi connectivity index (χ4v) is 6.23. The Morgan fingerprint density at radius 3 is 2.37 bits per heavy atom. The van der Waals surface area contributed by atoms with E-state index in [0.29, 0.717) is 17.9 Å². The molecule has 38 heavy (non-hydrogen) atoms. The van der Waals surface area contributed by atoms with Gasteiger partial charge in [0, 0.05) is 42.9 Å². The summed E-state index contributed by atoms with van der Waals surface area (Å²) >= 11 is 1.63. The molecule has 1 aliphatic heterocycles. The second-order valence-electron chi connectivity index (χ2n) is 9.02. The third-order valence-corrected chi connectivity index (χ3v) is 8.87. The molecule has 3 aromatic carbocycles. The first-order valence-corrected chi connectivity index (χ1v) is 14.7. The molecule has 1 aliphatic rings. The summed E-state index contributed by atoms with van der Waals surface area (Å²) in [6.07, 6.45) is 3.42. The second-order valence-corrected chi connectivity index (χ2v) is 11.7. The molecule has 4 aromatic rings. The Morgan fingerprint density at radius 1 is 1.00 bits per heavy atom. The van der Waals surface area contributed by atoms with Gasteiger partial charge in [0.1, 0.15) is 0 Å². The van der Waals surface area contributed by atoms with E-state index in [-0.39, 0.29) is 23.7 Å². The molecule has 0 bridgehead atoms. The van der Waals surface area contributed by atoms with Crippen molar-refractivity contribution in [3.8, 4) is 0 Å². The van der Waals surface area contributed by atoms with Crippen molar-refractivity contribution in [3.05, 3.63) is 108 Å². The minimum Gasteiger partial charge on any atom is -0.392 e. The molecule has 0 amide bonds. The Labute approximate surface area is 226 Å². The Morgan fingerprint density at radius 2 is 1.71 bits per heavy atom. The molecule has 2 heterocycles. The zero-order valence-electron chi connectivity index (χ0n) is 20.8. The van der Waals surface area contributed by atoms with Gasteiger partial charge >= 0.3 is 0 Å². The number of ether oxygens (including phenoxy) is 2. The number of aryl methyl sites for hydroxylation is 1.